The Kier molecular flexibility index (Phi) is 3.98. The highest BCUT2D eigenvalue weighted by molar-refractivity contribution is 7.97. The first-order valence-corrected chi connectivity index (χ1v) is 7.66. The maximum absolute atomic E-state index is 11.4. The van der Waals surface area contributed by atoms with E-state index in [2.05, 4.69) is 59.4 Å². The summed E-state index contributed by atoms with van der Waals surface area (Å²) in [5.41, 5.74) is 5.02. The molecule has 1 aliphatic heterocycles. The lowest BCUT2D eigenvalue weighted by Crippen LogP contribution is -2.38. The van der Waals surface area contributed by atoms with Crippen LogP contribution < -0.4 is 15.5 Å². The number of likely N-dealkylation sites (N-methyl/N-ethyl adjacent to an activating group) is 1. The van der Waals surface area contributed by atoms with Crippen LogP contribution in [0.2, 0.25) is 0 Å². The van der Waals surface area contributed by atoms with Gasteiger partial charge in [-0.1, -0.05) is 17.7 Å². The second kappa shape index (κ2) is 5.93. The molecule has 114 valence electrons. The summed E-state index contributed by atoms with van der Waals surface area (Å²) in [7, 11) is 2.04. The smallest absolute Gasteiger partial charge is 0.216 e. The number of carbonyl (C=O) groups is 1. The van der Waals surface area contributed by atoms with Crippen molar-refractivity contribution in [3.8, 4) is 0 Å². The normalized spacial score (nSPS) is 16.1. The van der Waals surface area contributed by atoms with Crippen LogP contribution in [0.15, 0.2) is 42.5 Å². The van der Waals surface area contributed by atoms with E-state index in [9.17, 15) is 4.79 Å². The second-order valence-corrected chi connectivity index (χ2v) is 5.96. The fourth-order valence-corrected chi connectivity index (χ4v) is 2.75. The summed E-state index contributed by atoms with van der Waals surface area (Å²) < 4.78 is 0. The van der Waals surface area contributed by atoms with Crippen molar-refractivity contribution in [2.24, 2.45) is 0 Å². The lowest BCUT2D eigenvalue weighted by Gasteiger charge is -2.23. The van der Waals surface area contributed by atoms with Crippen molar-refractivity contribution in [1.82, 2.24) is 0 Å². The van der Waals surface area contributed by atoms with Gasteiger partial charge in [0.05, 0.1) is 17.9 Å². The molecule has 0 aromatic heterocycles. The predicted octanol–water partition coefficient (Wildman–Crippen LogP) is 3.36. The fraction of sp³-hybridized carbons (Fsp3) is 0.235. The van der Waals surface area contributed by atoms with Crippen LogP contribution in [0.5, 0.6) is 0 Å². The highest BCUT2D eigenvalue weighted by Gasteiger charge is 2.25. The average molecular weight is 313 g/mol. The molecule has 2 aromatic rings. The van der Waals surface area contributed by atoms with E-state index in [0.717, 1.165) is 23.6 Å². The quantitative estimate of drug-likeness (QED) is 0.757. The number of rotatable bonds is 4. The monoisotopic (exact) mass is 313 g/mol. The Labute approximate surface area is 135 Å². The number of fused-ring (bicyclic) bond motifs is 1. The Balaban J connectivity index is 1.69. The molecule has 0 spiro atoms. The van der Waals surface area contributed by atoms with Gasteiger partial charge >= 0.3 is 0 Å². The number of hydrogen-bond acceptors (Lipinski definition) is 4. The van der Waals surface area contributed by atoms with Crippen molar-refractivity contribution >= 4 is 34.8 Å². The molecule has 0 bridgehead atoms. The van der Waals surface area contributed by atoms with Gasteiger partial charge in [0.2, 0.25) is 5.12 Å². The van der Waals surface area contributed by atoms with E-state index in [1.807, 2.05) is 25.2 Å². The first-order chi connectivity index (χ1) is 10.5. The Hall–Kier alpha value is -2.14. The Morgan fingerprint density at radius 3 is 2.68 bits per heavy atom. The molecule has 1 atom stereocenters. The van der Waals surface area contributed by atoms with Gasteiger partial charge in [0.25, 0.3) is 0 Å². The molecule has 1 aliphatic rings. The van der Waals surface area contributed by atoms with Crippen molar-refractivity contribution in [3.05, 3.63) is 53.6 Å². The van der Waals surface area contributed by atoms with Crippen molar-refractivity contribution in [2.45, 2.75) is 13.1 Å². The Morgan fingerprint density at radius 2 is 2.00 bits per heavy atom. The minimum Gasteiger partial charge on any atom is -0.381 e. The maximum Gasteiger partial charge on any atom is 0.216 e. The van der Waals surface area contributed by atoms with Gasteiger partial charge < -0.3 is 15.5 Å². The van der Waals surface area contributed by atoms with E-state index in [0.29, 0.717) is 5.56 Å². The van der Waals surface area contributed by atoms with Gasteiger partial charge in [-0.3, -0.25) is 4.79 Å². The molecule has 2 N–H and O–H groups in total. The van der Waals surface area contributed by atoms with Crippen LogP contribution >= 0.6 is 12.6 Å². The lowest BCUT2D eigenvalue weighted by molar-refractivity contribution is 0.109. The fourth-order valence-electron chi connectivity index (χ4n) is 2.61. The largest absolute Gasteiger partial charge is 0.381 e. The van der Waals surface area contributed by atoms with Crippen LogP contribution in [0.25, 0.3) is 0 Å². The molecule has 0 fully saturated rings. The van der Waals surface area contributed by atoms with E-state index in [4.69, 9.17) is 0 Å². The third-order valence-corrected chi connectivity index (χ3v) is 4.22. The van der Waals surface area contributed by atoms with Crippen LogP contribution in [0.3, 0.4) is 0 Å². The summed E-state index contributed by atoms with van der Waals surface area (Å²) in [5.74, 6) is 0. The molecule has 0 radical (unpaired) electrons. The van der Waals surface area contributed by atoms with Gasteiger partial charge in [0, 0.05) is 18.3 Å². The number of anilines is 3. The zero-order chi connectivity index (χ0) is 15.7. The van der Waals surface area contributed by atoms with Crippen LogP contribution in [0.1, 0.15) is 15.9 Å². The second-order valence-electron chi connectivity index (χ2n) is 5.56. The molecule has 3 rings (SSSR count). The van der Waals surface area contributed by atoms with Crippen LogP contribution in [0.4, 0.5) is 17.1 Å². The summed E-state index contributed by atoms with van der Waals surface area (Å²) in [4.78, 5) is 13.5. The zero-order valence-corrected chi connectivity index (χ0v) is 13.5. The van der Waals surface area contributed by atoms with Gasteiger partial charge in [-0.05, 0) is 37.3 Å². The molecule has 1 unspecified atom stereocenters. The van der Waals surface area contributed by atoms with Gasteiger partial charge in [-0.25, -0.2) is 0 Å². The molecule has 0 amide bonds. The molecule has 1 heterocycles. The third kappa shape index (κ3) is 2.90. The van der Waals surface area contributed by atoms with Crippen LogP contribution in [-0.4, -0.2) is 24.9 Å². The summed E-state index contributed by atoms with van der Waals surface area (Å²) in [5, 5.41) is 6.65. The highest BCUT2D eigenvalue weighted by Crippen LogP contribution is 2.34. The minimum absolute atomic E-state index is 0.140. The first-order valence-electron chi connectivity index (χ1n) is 7.22. The number of carbonyl (C=O) groups excluding carboxylic acids is 1. The number of thiol groups is 1. The standard InChI is InChI=1S/C17H19N3OS/c1-11-3-6-13(7-4-11)18-10-16-19-14-9-12(17(21)22)5-8-15(14)20(16)2/h3-9,16,18-19H,10H2,1-2H3,(H,21,22). The number of nitrogens with zero attached hydrogens (tertiary/aromatic N) is 1. The van der Waals surface area contributed by atoms with Gasteiger partial charge in [0.15, 0.2) is 0 Å². The topological polar surface area (TPSA) is 44.4 Å². The van der Waals surface area contributed by atoms with Crippen molar-refractivity contribution in [3.63, 3.8) is 0 Å². The summed E-state index contributed by atoms with van der Waals surface area (Å²) >= 11 is 3.88. The third-order valence-electron chi connectivity index (χ3n) is 3.96. The number of nitrogens with one attached hydrogen (secondary N) is 2. The lowest BCUT2D eigenvalue weighted by atomic mass is 10.2. The predicted molar refractivity (Wildman–Crippen MR) is 95.2 cm³/mol. The molecule has 22 heavy (non-hydrogen) atoms. The van der Waals surface area contributed by atoms with Gasteiger partial charge in [-0.15, -0.1) is 12.6 Å². The Bertz CT molecular complexity index is 700. The van der Waals surface area contributed by atoms with E-state index in [-0.39, 0.29) is 11.3 Å². The number of aryl methyl sites for hydroxylation is 1. The molecule has 2 aromatic carbocycles. The SMILES string of the molecule is Cc1ccc(NCC2Nc3cc(C(=O)S)ccc3N2C)cc1. The minimum atomic E-state index is -0.214. The molecule has 4 nitrogen and oxygen atoms in total. The summed E-state index contributed by atoms with van der Waals surface area (Å²) in [6.07, 6.45) is 0.140. The van der Waals surface area contributed by atoms with E-state index in [1.54, 1.807) is 0 Å². The van der Waals surface area contributed by atoms with Gasteiger partial charge in [0.1, 0.15) is 6.17 Å². The van der Waals surface area contributed by atoms with Crippen LogP contribution in [0, 0.1) is 6.92 Å². The van der Waals surface area contributed by atoms with Crippen molar-refractivity contribution in [2.75, 3.05) is 29.1 Å². The number of hydrogen-bond donors (Lipinski definition) is 3. The number of benzene rings is 2. The van der Waals surface area contributed by atoms with Crippen molar-refractivity contribution < 1.29 is 4.79 Å². The molecule has 5 heteroatoms. The maximum atomic E-state index is 11.4. The van der Waals surface area contributed by atoms with E-state index >= 15 is 0 Å². The van der Waals surface area contributed by atoms with Gasteiger partial charge in [-0.2, -0.15) is 0 Å². The Morgan fingerprint density at radius 1 is 1.27 bits per heavy atom. The van der Waals surface area contributed by atoms with Crippen LogP contribution in [-0.2, 0) is 0 Å². The average Bonchev–Trinajstić information content (AvgIpc) is 2.82. The molecule has 0 saturated carbocycles. The van der Waals surface area contributed by atoms with E-state index in [1.165, 1.54) is 5.56 Å². The van der Waals surface area contributed by atoms with Crippen molar-refractivity contribution in [1.29, 1.82) is 0 Å². The molecule has 0 aliphatic carbocycles. The summed E-state index contributed by atoms with van der Waals surface area (Å²) in [6, 6.07) is 14.0. The summed E-state index contributed by atoms with van der Waals surface area (Å²) in [6.45, 7) is 2.84. The molecule has 0 saturated heterocycles. The molecular weight excluding hydrogens is 294 g/mol. The molecular formula is C17H19N3OS. The van der Waals surface area contributed by atoms with E-state index < -0.39 is 0 Å². The zero-order valence-electron chi connectivity index (χ0n) is 12.6. The highest BCUT2D eigenvalue weighted by atomic mass is 32.1. The first kappa shape index (κ1) is 14.8.